The summed E-state index contributed by atoms with van der Waals surface area (Å²) in [6.07, 6.45) is 0. The van der Waals surface area contributed by atoms with E-state index in [4.69, 9.17) is 5.73 Å². The molecule has 5 N–H and O–H groups in total. The number of aryl methyl sites for hydroxylation is 1. The molecule has 62 valence electrons. The standard InChI is InChI=1S/C7H9N.C2H4.H3N/c1-6-2-4-7(8)5-3-6;1-2;/h2-5H,8H2,1H3;1-2H2;1H3. The third kappa shape index (κ3) is 5.18. The zero-order valence-corrected chi connectivity index (χ0v) is 7.01. The fraction of sp³-hybridized carbons (Fsp3) is 0.111. The fourth-order valence-electron chi connectivity index (χ4n) is 0.566. The van der Waals surface area contributed by atoms with Gasteiger partial charge >= 0.3 is 0 Å². The third-order valence-corrected chi connectivity index (χ3v) is 1.08. The molecule has 0 aliphatic heterocycles. The molecule has 1 aromatic carbocycles. The van der Waals surface area contributed by atoms with E-state index < -0.39 is 0 Å². The molecule has 0 aromatic heterocycles. The van der Waals surface area contributed by atoms with E-state index in [0.717, 1.165) is 5.69 Å². The Morgan fingerprint density at radius 2 is 1.45 bits per heavy atom. The Bertz CT molecular complexity index is 158. The Morgan fingerprint density at radius 3 is 1.73 bits per heavy atom. The fourth-order valence-corrected chi connectivity index (χ4v) is 0.566. The zero-order chi connectivity index (χ0) is 7.98. The lowest BCUT2D eigenvalue weighted by Gasteiger charge is -1.90. The van der Waals surface area contributed by atoms with Crippen LogP contribution in [-0.4, -0.2) is 0 Å². The molecule has 0 atom stereocenters. The Labute approximate surface area is 68.3 Å². The van der Waals surface area contributed by atoms with Crippen molar-refractivity contribution >= 4 is 5.69 Å². The van der Waals surface area contributed by atoms with Crippen molar-refractivity contribution in [2.75, 3.05) is 5.73 Å². The minimum atomic E-state index is 0. The first-order valence-electron chi connectivity index (χ1n) is 3.11. The molecule has 1 rings (SSSR count). The molecule has 2 nitrogen and oxygen atoms in total. The molecule has 0 radical (unpaired) electrons. The van der Waals surface area contributed by atoms with Crippen molar-refractivity contribution < 1.29 is 0 Å². The van der Waals surface area contributed by atoms with Crippen molar-refractivity contribution in [1.82, 2.24) is 6.15 Å². The van der Waals surface area contributed by atoms with Gasteiger partial charge in [-0.05, 0) is 19.1 Å². The average molecular weight is 152 g/mol. The number of anilines is 1. The molecule has 0 amide bonds. The Hall–Kier alpha value is -1.28. The molecular weight excluding hydrogens is 136 g/mol. The van der Waals surface area contributed by atoms with E-state index in [9.17, 15) is 0 Å². The van der Waals surface area contributed by atoms with Gasteiger partial charge in [0.05, 0.1) is 0 Å². The van der Waals surface area contributed by atoms with Crippen LogP contribution >= 0.6 is 0 Å². The van der Waals surface area contributed by atoms with Crippen LogP contribution < -0.4 is 11.9 Å². The predicted octanol–water partition coefficient (Wildman–Crippen LogP) is 2.54. The topological polar surface area (TPSA) is 61.0 Å². The third-order valence-electron chi connectivity index (χ3n) is 1.08. The van der Waals surface area contributed by atoms with Crippen LogP contribution in [0.4, 0.5) is 5.69 Å². The molecule has 0 saturated heterocycles. The summed E-state index contributed by atoms with van der Waals surface area (Å²) in [5, 5.41) is 0. The molecule has 0 unspecified atom stereocenters. The second-order valence-electron chi connectivity index (χ2n) is 1.91. The number of hydrogen-bond acceptors (Lipinski definition) is 2. The molecule has 2 heteroatoms. The smallest absolute Gasteiger partial charge is 0.0314 e. The van der Waals surface area contributed by atoms with Crippen molar-refractivity contribution in [1.29, 1.82) is 0 Å². The number of benzene rings is 1. The first-order valence-corrected chi connectivity index (χ1v) is 3.11. The molecule has 0 bridgehead atoms. The SMILES string of the molecule is C=C.Cc1ccc(N)cc1.N. The second-order valence-corrected chi connectivity index (χ2v) is 1.91. The summed E-state index contributed by atoms with van der Waals surface area (Å²) in [6.45, 7) is 8.04. The molecule has 11 heavy (non-hydrogen) atoms. The normalized spacial score (nSPS) is 7.00. The van der Waals surface area contributed by atoms with Crippen LogP contribution in [0.1, 0.15) is 5.56 Å². The number of nitrogens with two attached hydrogens (primary N) is 1. The molecule has 1 aromatic rings. The number of rotatable bonds is 0. The summed E-state index contributed by atoms with van der Waals surface area (Å²) in [6, 6.07) is 7.79. The minimum absolute atomic E-state index is 0. The van der Waals surface area contributed by atoms with Gasteiger partial charge in [-0.1, -0.05) is 17.7 Å². The predicted molar refractivity (Wildman–Crippen MR) is 51.9 cm³/mol. The first kappa shape index (κ1) is 12.4. The highest BCUT2D eigenvalue weighted by atomic mass is 14.5. The molecule has 0 saturated carbocycles. The molecule has 0 spiro atoms. The van der Waals surface area contributed by atoms with E-state index in [1.54, 1.807) is 0 Å². The number of nitrogen functional groups attached to an aromatic ring is 1. The highest BCUT2D eigenvalue weighted by molar-refractivity contribution is 5.38. The van der Waals surface area contributed by atoms with Crippen molar-refractivity contribution in [3.05, 3.63) is 43.0 Å². The summed E-state index contributed by atoms with van der Waals surface area (Å²) >= 11 is 0. The van der Waals surface area contributed by atoms with Crippen LogP contribution in [0, 0.1) is 6.92 Å². The van der Waals surface area contributed by atoms with Gasteiger partial charge in [-0.15, -0.1) is 13.2 Å². The average Bonchev–Trinajstić information content (AvgIpc) is 2.00. The van der Waals surface area contributed by atoms with Crippen LogP contribution in [0.25, 0.3) is 0 Å². The zero-order valence-electron chi connectivity index (χ0n) is 7.01. The van der Waals surface area contributed by atoms with Crippen molar-refractivity contribution in [3.63, 3.8) is 0 Å². The van der Waals surface area contributed by atoms with Gasteiger partial charge in [0.25, 0.3) is 0 Å². The summed E-state index contributed by atoms with van der Waals surface area (Å²) < 4.78 is 0. The highest BCUT2D eigenvalue weighted by Crippen LogP contribution is 2.02. The Kier molecular flexibility index (Phi) is 7.71. The Balaban J connectivity index is 0. The summed E-state index contributed by atoms with van der Waals surface area (Å²) in [7, 11) is 0. The van der Waals surface area contributed by atoms with Crippen molar-refractivity contribution in [2.45, 2.75) is 6.92 Å². The Morgan fingerprint density at radius 1 is 1.09 bits per heavy atom. The van der Waals surface area contributed by atoms with Crippen LogP contribution in [0.3, 0.4) is 0 Å². The van der Waals surface area contributed by atoms with E-state index in [2.05, 4.69) is 13.2 Å². The molecule has 0 heterocycles. The highest BCUT2D eigenvalue weighted by Gasteiger charge is 1.80. The van der Waals surface area contributed by atoms with Crippen LogP contribution in [0.2, 0.25) is 0 Å². The second kappa shape index (κ2) is 6.83. The number of hydrogen-bond donors (Lipinski definition) is 2. The van der Waals surface area contributed by atoms with Gasteiger partial charge in [0.2, 0.25) is 0 Å². The van der Waals surface area contributed by atoms with Gasteiger partial charge < -0.3 is 11.9 Å². The van der Waals surface area contributed by atoms with E-state index in [0.29, 0.717) is 0 Å². The largest absolute Gasteiger partial charge is 0.399 e. The first-order chi connectivity index (χ1) is 4.79. The van der Waals surface area contributed by atoms with E-state index in [-0.39, 0.29) is 6.15 Å². The minimum Gasteiger partial charge on any atom is -0.399 e. The van der Waals surface area contributed by atoms with Crippen LogP contribution in [-0.2, 0) is 0 Å². The summed E-state index contributed by atoms with van der Waals surface area (Å²) in [5.74, 6) is 0. The lowest BCUT2D eigenvalue weighted by Crippen LogP contribution is -1.81. The van der Waals surface area contributed by atoms with Gasteiger partial charge in [0, 0.05) is 5.69 Å². The molecule has 0 aliphatic rings. The van der Waals surface area contributed by atoms with Gasteiger partial charge in [-0.2, -0.15) is 0 Å². The maximum absolute atomic E-state index is 5.43. The summed E-state index contributed by atoms with van der Waals surface area (Å²) in [5.41, 5.74) is 7.51. The lowest BCUT2D eigenvalue weighted by molar-refractivity contribution is 1.47. The van der Waals surface area contributed by atoms with Crippen molar-refractivity contribution in [2.24, 2.45) is 0 Å². The monoisotopic (exact) mass is 152 g/mol. The maximum Gasteiger partial charge on any atom is 0.0314 e. The van der Waals surface area contributed by atoms with Gasteiger partial charge in [0.1, 0.15) is 0 Å². The lowest BCUT2D eigenvalue weighted by atomic mass is 10.2. The van der Waals surface area contributed by atoms with Crippen molar-refractivity contribution in [3.8, 4) is 0 Å². The van der Waals surface area contributed by atoms with E-state index in [1.165, 1.54) is 5.56 Å². The van der Waals surface area contributed by atoms with Gasteiger partial charge in [-0.25, -0.2) is 0 Å². The molecule has 0 fully saturated rings. The quantitative estimate of drug-likeness (QED) is 0.443. The van der Waals surface area contributed by atoms with Crippen LogP contribution in [0.5, 0.6) is 0 Å². The summed E-state index contributed by atoms with van der Waals surface area (Å²) in [4.78, 5) is 0. The maximum atomic E-state index is 5.43. The van der Waals surface area contributed by atoms with Crippen LogP contribution in [0.15, 0.2) is 37.4 Å². The van der Waals surface area contributed by atoms with Gasteiger partial charge in [-0.3, -0.25) is 0 Å². The molecule has 0 aliphatic carbocycles. The van der Waals surface area contributed by atoms with E-state index in [1.807, 2.05) is 31.2 Å². The molecular formula is C9H16N2. The van der Waals surface area contributed by atoms with Gasteiger partial charge in [0.15, 0.2) is 0 Å². The van der Waals surface area contributed by atoms with E-state index >= 15 is 0 Å².